The Hall–Kier alpha value is -0.570. The molecule has 1 saturated carbocycles. The van der Waals surface area contributed by atoms with Crippen LogP contribution < -0.4 is 0 Å². The quantitative estimate of drug-likeness (QED) is 0.771. The second-order valence-electron chi connectivity index (χ2n) is 5.82. The summed E-state index contributed by atoms with van der Waals surface area (Å²) in [5, 5.41) is 10.8. The number of ether oxygens (including phenoxy) is 1. The number of aliphatic hydroxyl groups is 1. The maximum absolute atomic E-state index is 11.6. The third-order valence-electron chi connectivity index (χ3n) is 3.92. The van der Waals surface area contributed by atoms with Gasteiger partial charge in [-0.25, -0.2) is 0 Å². The Kier molecular flexibility index (Phi) is 4.99. The van der Waals surface area contributed by atoms with E-state index in [1.807, 2.05) is 0 Å². The molecule has 1 fully saturated rings. The van der Waals surface area contributed by atoms with Gasteiger partial charge in [0.15, 0.2) is 0 Å². The summed E-state index contributed by atoms with van der Waals surface area (Å²) in [5.74, 6) is 0.837. The predicted molar refractivity (Wildman–Crippen MR) is 67.5 cm³/mol. The molecule has 1 aliphatic carbocycles. The number of rotatable bonds is 4. The Morgan fingerprint density at radius 3 is 2.65 bits per heavy atom. The Morgan fingerprint density at radius 2 is 2.12 bits per heavy atom. The van der Waals surface area contributed by atoms with Crippen LogP contribution in [0, 0.1) is 17.8 Å². The molecule has 0 amide bonds. The number of esters is 1. The largest absolute Gasteiger partial charge is 0.466 e. The lowest BCUT2D eigenvalue weighted by atomic mass is 9.66. The highest BCUT2D eigenvalue weighted by Crippen LogP contribution is 2.43. The van der Waals surface area contributed by atoms with Crippen molar-refractivity contribution in [2.75, 3.05) is 6.61 Å². The van der Waals surface area contributed by atoms with Gasteiger partial charge in [0.05, 0.1) is 18.6 Å². The van der Waals surface area contributed by atoms with Crippen LogP contribution in [0.25, 0.3) is 0 Å². The molecule has 100 valence electrons. The zero-order valence-electron chi connectivity index (χ0n) is 11.5. The van der Waals surface area contributed by atoms with Crippen molar-refractivity contribution in [2.24, 2.45) is 17.8 Å². The van der Waals surface area contributed by atoms with Crippen LogP contribution in [-0.2, 0) is 9.53 Å². The molecule has 0 aliphatic heterocycles. The van der Waals surface area contributed by atoms with Gasteiger partial charge >= 0.3 is 5.97 Å². The van der Waals surface area contributed by atoms with Gasteiger partial charge in [-0.05, 0) is 37.5 Å². The molecule has 0 spiro atoms. The zero-order chi connectivity index (χ0) is 13.1. The van der Waals surface area contributed by atoms with Crippen LogP contribution in [0.4, 0.5) is 0 Å². The lowest BCUT2D eigenvalue weighted by molar-refractivity contribution is -0.156. The normalized spacial score (nSPS) is 33.8. The fourth-order valence-corrected chi connectivity index (χ4v) is 3.21. The predicted octanol–water partition coefficient (Wildman–Crippen LogP) is 2.76. The molecule has 0 aromatic carbocycles. The molecule has 0 saturated heterocycles. The maximum atomic E-state index is 11.6. The lowest BCUT2D eigenvalue weighted by Gasteiger charge is -2.44. The van der Waals surface area contributed by atoms with E-state index in [9.17, 15) is 9.90 Å². The average Bonchev–Trinajstić information content (AvgIpc) is 2.15. The van der Waals surface area contributed by atoms with Gasteiger partial charge in [0.2, 0.25) is 0 Å². The third kappa shape index (κ3) is 3.70. The molecular formula is C14H26O3. The van der Waals surface area contributed by atoms with Gasteiger partial charge in [0.25, 0.3) is 0 Å². The van der Waals surface area contributed by atoms with Gasteiger partial charge in [-0.2, -0.15) is 0 Å². The molecule has 3 nitrogen and oxygen atoms in total. The summed E-state index contributed by atoms with van der Waals surface area (Å²) in [6.07, 6.45) is 3.02. The average molecular weight is 242 g/mol. The van der Waals surface area contributed by atoms with Crippen molar-refractivity contribution < 1.29 is 14.6 Å². The van der Waals surface area contributed by atoms with E-state index >= 15 is 0 Å². The molecule has 3 unspecified atom stereocenters. The minimum atomic E-state index is -0.863. The van der Waals surface area contributed by atoms with Crippen LogP contribution in [0.15, 0.2) is 0 Å². The Morgan fingerprint density at radius 1 is 1.47 bits per heavy atom. The second kappa shape index (κ2) is 5.85. The minimum absolute atomic E-state index is 0.147. The summed E-state index contributed by atoms with van der Waals surface area (Å²) >= 11 is 0. The molecule has 3 heteroatoms. The minimum Gasteiger partial charge on any atom is -0.466 e. The van der Waals surface area contributed by atoms with Crippen LogP contribution in [0.1, 0.15) is 53.4 Å². The van der Waals surface area contributed by atoms with Gasteiger partial charge < -0.3 is 9.84 Å². The highest BCUT2D eigenvalue weighted by atomic mass is 16.5. The first-order valence-corrected chi connectivity index (χ1v) is 6.77. The third-order valence-corrected chi connectivity index (χ3v) is 3.92. The van der Waals surface area contributed by atoms with Crippen molar-refractivity contribution in [1.82, 2.24) is 0 Å². The summed E-state index contributed by atoms with van der Waals surface area (Å²) in [6, 6.07) is 0. The number of hydrogen-bond donors (Lipinski definition) is 1. The van der Waals surface area contributed by atoms with Crippen LogP contribution in [-0.4, -0.2) is 23.3 Å². The van der Waals surface area contributed by atoms with Crippen molar-refractivity contribution in [3.05, 3.63) is 0 Å². The molecule has 1 rings (SSSR count). The van der Waals surface area contributed by atoms with Crippen LogP contribution in [0.5, 0.6) is 0 Å². The Balaban J connectivity index is 2.74. The Bertz CT molecular complexity index is 262. The molecule has 3 atom stereocenters. The molecule has 0 heterocycles. The lowest BCUT2D eigenvalue weighted by Crippen LogP contribution is -2.47. The van der Waals surface area contributed by atoms with Gasteiger partial charge in [-0.15, -0.1) is 0 Å². The summed E-state index contributed by atoms with van der Waals surface area (Å²) in [5.41, 5.74) is -0.863. The van der Waals surface area contributed by atoms with Crippen molar-refractivity contribution in [3.63, 3.8) is 0 Å². The van der Waals surface area contributed by atoms with E-state index in [0.717, 1.165) is 12.8 Å². The fraction of sp³-hybridized carbons (Fsp3) is 0.929. The zero-order valence-corrected chi connectivity index (χ0v) is 11.5. The van der Waals surface area contributed by atoms with Gasteiger partial charge in [0, 0.05) is 0 Å². The molecule has 1 N–H and O–H groups in total. The molecule has 0 radical (unpaired) electrons. The van der Waals surface area contributed by atoms with Gasteiger partial charge in [-0.1, -0.05) is 27.2 Å². The maximum Gasteiger partial charge on any atom is 0.308 e. The summed E-state index contributed by atoms with van der Waals surface area (Å²) < 4.78 is 4.97. The van der Waals surface area contributed by atoms with Gasteiger partial charge in [0.1, 0.15) is 0 Å². The Labute approximate surface area is 105 Å². The molecule has 0 bridgehead atoms. The van der Waals surface area contributed by atoms with E-state index in [2.05, 4.69) is 20.8 Å². The van der Waals surface area contributed by atoms with E-state index in [-0.39, 0.29) is 18.3 Å². The van der Waals surface area contributed by atoms with Crippen molar-refractivity contribution >= 4 is 5.97 Å². The van der Waals surface area contributed by atoms with E-state index < -0.39 is 5.60 Å². The van der Waals surface area contributed by atoms with Crippen molar-refractivity contribution in [3.8, 4) is 0 Å². The smallest absolute Gasteiger partial charge is 0.308 e. The van der Waals surface area contributed by atoms with Crippen molar-refractivity contribution in [2.45, 2.75) is 59.0 Å². The monoisotopic (exact) mass is 242 g/mol. The highest BCUT2D eigenvalue weighted by molar-refractivity contribution is 5.70. The topological polar surface area (TPSA) is 46.5 Å². The highest BCUT2D eigenvalue weighted by Gasteiger charge is 2.44. The molecule has 0 aromatic rings. The number of hydrogen-bond acceptors (Lipinski definition) is 3. The van der Waals surface area contributed by atoms with E-state index in [4.69, 9.17) is 4.74 Å². The first kappa shape index (κ1) is 14.5. The number of carbonyl (C=O) groups excluding carboxylic acids is 1. The molecule has 1 aliphatic rings. The fourth-order valence-electron chi connectivity index (χ4n) is 3.21. The molecular weight excluding hydrogens is 216 g/mol. The van der Waals surface area contributed by atoms with E-state index in [1.54, 1.807) is 6.92 Å². The van der Waals surface area contributed by atoms with Gasteiger partial charge in [-0.3, -0.25) is 4.79 Å². The summed E-state index contributed by atoms with van der Waals surface area (Å²) in [7, 11) is 0. The van der Waals surface area contributed by atoms with E-state index in [0.29, 0.717) is 24.9 Å². The summed E-state index contributed by atoms with van der Waals surface area (Å²) in [6.45, 7) is 8.57. The number of carbonyl (C=O) groups is 1. The first-order valence-electron chi connectivity index (χ1n) is 6.77. The SMILES string of the molecule is CCOC(=O)CC1(O)CC(C)CCC1C(C)C. The standard InChI is InChI=1S/C14H26O3/c1-5-17-13(15)9-14(16)8-11(4)6-7-12(14)10(2)3/h10-12,16H,5-9H2,1-4H3. The molecule has 17 heavy (non-hydrogen) atoms. The van der Waals surface area contributed by atoms with Crippen molar-refractivity contribution in [1.29, 1.82) is 0 Å². The summed E-state index contributed by atoms with van der Waals surface area (Å²) in [4.78, 5) is 11.6. The second-order valence-corrected chi connectivity index (χ2v) is 5.82. The molecule has 0 aromatic heterocycles. The van der Waals surface area contributed by atoms with Crippen LogP contribution >= 0.6 is 0 Å². The van der Waals surface area contributed by atoms with Crippen LogP contribution in [0.3, 0.4) is 0 Å². The first-order chi connectivity index (χ1) is 7.89. The van der Waals surface area contributed by atoms with Crippen LogP contribution in [0.2, 0.25) is 0 Å². The van der Waals surface area contributed by atoms with E-state index in [1.165, 1.54) is 0 Å².